The van der Waals surface area contributed by atoms with Crippen molar-refractivity contribution in [3.8, 4) is 17.2 Å². The lowest BCUT2D eigenvalue weighted by Crippen LogP contribution is -1.93. The number of benzene rings is 3. The number of ether oxygens (including phenoxy) is 6. The molecule has 0 bridgehead atoms. The minimum absolute atomic E-state index is 0.574. The highest BCUT2D eigenvalue weighted by atomic mass is 16.6. The summed E-state index contributed by atoms with van der Waals surface area (Å²) in [4.78, 5) is 0. The van der Waals surface area contributed by atoms with Gasteiger partial charge in [0.25, 0.3) is 0 Å². The monoisotopic (exact) mass is 693 g/mol. The van der Waals surface area contributed by atoms with E-state index in [9.17, 15) is 0 Å². The van der Waals surface area contributed by atoms with Crippen molar-refractivity contribution in [2.24, 2.45) is 0 Å². The van der Waals surface area contributed by atoms with E-state index >= 15 is 0 Å². The summed E-state index contributed by atoms with van der Waals surface area (Å²) in [6.07, 6.45) is 10.5. The number of rotatable bonds is 11. The molecular weight excluding hydrogens is 624 g/mol. The molecule has 0 unspecified atom stereocenters. The molecule has 6 heteroatoms. The smallest absolute Gasteiger partial charge is 0.122 e. The second-order valence-corrected chi connectivity index (χ2v) is 10.9. The van der Waals surface area contributed by atoms with Crippen molar-refractivity contribution in [2.45, 2.75) is 74.1 Å². The predicted octanol–water partition coefficient (Wildman–Crippen LogP) is 11.3. The van der Waals surface area contributed by atoms with E-state index in [-0.39, 0.29) is 0 Å². The van der Waals surface area contributed by atoms with Gasteiger partial charge in [-0.25, -0.2) is 0 Å². The van der Waals surface area contributed by atoms with Gasteiger partial charge in [0.05, 0.1) is 39.6 Å². The molecule has 3 aromatic carbocycles. The first-order chi connectivity index (χ1) is 24.4. The molecule has 0 atom stereocenters. The fourth-order valence-corrected chi connectivity index (χ4v) is 2.60. The molecule has 3 fully saturated rings. The first kappa shape index (κ1) is 48.3. The predicted molar refractivity (Wildman–Crippen MR) is 214 cm³/mol. The van der Waals surface area contributed by atoms with Crippen LogP contribution in [0.5, 0.6) is 17.2 Å². The summed E-state index contributed by atoms with van der Waals surface area (Å²) in [5.74, 6) is 2.81. The summed E-state index contributed by atoms with van der Waals surface area (Å²) in [6, 6.07) is 23.8. The Labute approximate surface area is 306 Å². The molecular formula is C44H68O6. The van der Waals surface area contributed by atoms with Crippen LogP contribution < -0.4 is 14.2 Å². The second-order valence-electron chi connectivity index (χ2n) is 10.9. The normalized spacial score (nSPS) is 11.6. The first-order valence-electron chi connectivity index (χ1n) is 18.0. The molecule has 3 saturated heterocycles. The van der Waals surface area contributed by atoms with E-state index in [1.54, 1.807) is 18.2 Å². The molecule has 3 aliphatic heterocycles. The van der Waals surface area contributed by atoms with Crippen molar-refractivity contribution in [1.29, 1.82) is 0 Å². The fourth-order valence-electron chi connectivity index (χ4n) is 2.60. The van der Waals surface area contributed by atoms with Gasteiger partial charge < -0.3 is 28.4 Å². The van der Waals surface area contributed by atoms with Gasteiger partial charge in [0, 0.05) is 0 Å². The average molecular weight is 693 g/mol. The molecule has 280 valence electrons. The maximum atomic E-state index is 5.37. The van der Waals surface area contributed by atoms with Crippen LogP contribution in [0, 0.1) is 20.8 Å². The Morgan fingerprint density at radius 2 is 0.640 bits per heavy atom. The summed E-state index contributed by atoms with van der Waals surface area (Å²) in [6.45, 7) is 33.3. The van der Waals surface area contributed by atoms with Crippen molar-refractivity contribution in [2.75, 3.05) is 59.5 Å². The van der Waals surface area contributed by atoms with Crippen molar-refractivity contribution in [3.05, 3.63) is 127 Å². The van der Waals surface area contributed by atoms with Crippen LogP contribution in [0.4, 0.5) is 0 Å². The summed E-state index contributed by atoms with van der Waals surface area (Å²) < 4.78 is 29.6. The van der Waals surface area contributed by atoms with Gasteiger partial charge in [-0.1, -0.05) is 146 Å². The van der Waals surface area contributed by atoms with Crippen molar-refractivity contribution >= 4 is 0 Å². The fraction of sp³-hybridized carbons (Fsp3) is 0.455. The Morgan fingerprint density at radius 1 is 0.440 bits per heavy atom. The highest BCUT2D eigenvalue weighted by Crippen LogP contribution is 2.17. The number of hydrogen-bond acceptors (Lipinski definition) is 6. The molecule has 0 N–H and O–H groups in total. The van der Waals surface area contributed by atoms with E-state index in [1.807, 2.05) is 93.6 Å². The van der Waals surface area contributed by atoms with Crippen LogP contribution in [0.15, 0.2) is 111 Å². The Morgan fingerprint density at radius 3 is 0.780 bits per heavy atom. The lowest BCUT2D eigenvalue weighted by molar-refractivity contribution is 0.360. The zero-order valence-corrected chi connectivity index (χ0v) is 32.4. The molecule has 0 aromatic heterocycles. The Kier molecular flexibility index (Phi) is 36.7. The lowest BCUT2D eigenvalue weighted by atomic mass is 10.2. The molecule has 0 saturated carbocycles. The third-order valence-electron chi connectivity index (χ3n) is 5.96. The quantitative estimate of drug-likeness (QED) is 0.147. The van der Waals surface area contributed by atoms with Crippen molar-refractivity contribution in [1.82, 2.24) is 0 Å². The number of epoxide rings is 3. The highest BCUT2D eigenvalue weighted by molar-refractivity contribution is 5.33. The topological polar surface area (TPSA) is 65.3 Å². The van der Waals surface area contributed by atoms with Crippen LogP contribution >= 0.6 is 0 Å². The van der Waals surface area contributed by atoms with Crippen LogP contribution in [0.1, 0.15) is 70.1 Å². The van der Waals surface area contributed by atoms with Crippen LogP contribution in [-0.2, 0) is 14.2 Å². The van der Waals surface area contributed by atoms with Crippen LogP contribution in [0.3, 0.4) is 0 Å². The lowest BCUT2D eigenvalue weighted by Gasteiger charge is -2.04. The Hall–Kier alpha value is -3.84. The number of aryl methyl sites for hydroxylation is 3. The Balaban J connectivity index is 0. The molecule has 6 rings (SSSR count). The van der Waals surface area contributed by atoms with Gasteiger partial charge in [0.1, 0.15) is 37.1 Å². The third-order valence-corrected chi connectivity index (χ3v) is 5.96. The van der Waals surface area contributed by atoms with Crippen LogP contribution in [0.2, 0.25) is 0 Å². The summed E-state index contributed by atoms with van der Waals surface area (Å²) in [7, 11) is 0. The number of hydrogen-bond donors (Lipinski definition) is 0. The SMILES string of the molecule is C1CO1.C1CO1.C1CO1.C=CCOc1ccccc1C.C=CCOc1ccccc1C.C=CCOc1ccccc1C.CCCC.CCCC. The standard InChI is InChI=1S/3C10H12O.2C4H10.3C2H4O/c3*1-3-8-11-10-7-5-4-6-9(10)2;2*1-3-4-2;3*1-2-3-1/h3*3-7H,1,8H2,2H3;2*3-4H2,1-2H3;3*1-2H2. The Bertz CT molecular complexity index is 1030. The molecule has 3 heterocycles. The number of para-hydroxylation sites is 3. The largest absolute Gasteiger partial charge is 0.489 e. The maximum Gasteiger partial charge on any atom is 0.122 e. The van der Waals surface area contributed by atoms with Crippen LogP contribution in [-0.4, -0.2) is 59.5 Å². The molecule has 0 amide bonds. The van der Waals surface area contributed by atoms with Crippen molar-refractivity contribution < 1.29 is 28.4 Å². The van der Waals surface area contributed by atoms with Gasteiger partial charge in [-0.05, 0) is 55.7 Å². The third kappa shape index (κ3) is 38.6. The van der Waals surface area contributed by atoms with Gasteiger partial charge in [-0.15, -0.1) is 0 Å². The summed E-state index contributed by atoms with van der Waals surface area (Å²) in [5.41, 5.74) is 3.48. The maximum absolute atomic E-state index is 5.37. The molecule has 0 aliphatic carbocycles. The highest BCUT2D eigenvalue weighted by Gasteiger charge is 1.96. The molecule has 6 nitrogen and oxygen atoms in total. The first-order valence-corrected chi connectivity index (χ1v) is 18.0. The second kappa shape index (κ2) is 38.0. The summed E-state index contributed by atoms with van der Waals surface area (Å²) in [5, 5.41) is 0. The van der Waals surface area contributed by atoms with Gasteiger partial charge in [-0.2, -0.15) is 0 Å². The van der Waals surface area contributed by atoms with E-state index in [1.165, 1.54) is 25.7 Å². The zero-order chi connectivity index (χ0) is 37.5. The molecule has 3 aliphatic rings. The molecule has 50 heavy (non-hydrogen) atoms. The van der Waals surface area contributed by atoms with Crippen molar-refractivity contribution in [3.63, 3.8) is 0 Å². The van der Waals surface area contributed by atoms with Gasteiger partial charge >= 0.3 is 0 Å². The average Bonchev–Trinajstić information content (AvgIpc) is 3.98. The zero-order valence-electron chi connectivity index (χ0n) is 32.4. The van der Waals surface area contributed by atoms with Gasteiger partial charge in [-0.3, -0.25) is 0 Å². The minimum atomic E-state index is 0.574. The summed E-state index contributed by atoms with van der Waals surface area (Å²) >= 11 is 0. The van der Waals surface area contributed by atoms with E-state index in [4.69, 9.17) is 14.2 Å². The van der Waals surface area contributed by atoms with Gasteiger partial charge in [0.2, 0.25) is 0 Å². The van der Waals surface area contributed by atoms with E-state index in [2.05, 4.69) is 61.6 Å². The molecule has 0 radical (unpaired) electrons. The van der Waals surface area contributed by atoms with Gasteiger partial charge in [0.15, 0.2) is 0 Å². The van der Waals surface area contributed by atoms with E-state index < -0.39 is 0 Å². The van der Waals surface area contributed by atoms with E-state index in [0.29, 0.717) is 19.8 Å². The molecule has 3 aromatic rings. The molecule has 0 spiro atoms. The van der Waals surface area contributed by atoms with E-state index in [0.717, 1.165) is 73.6 Å². The number of unbranched alkanes of at least 4 members (excludes halogenated alkanes) is 2. The van der Waals surface area contributed by atoms with Crippen LogP contribution in [0.25, 0.3) is 0 Å². The minimum Gasteiger partial charge on any atom is -0.489 e.